The van der Waals surface area contributed by atoms with Crippen molar-refractivity contribution in [3.05, 3.63) is 88.3 Å². The van der Waals surface area contributed by atoms with Crippen LogP contribution in [-0.2, 0) is 6.54 Å². The van der Waals surface area contributed by atoms with Crippen molar-refractivity contribution in [3.8, 4) is 11.8 Å². The molecule has 0 spiro atoms. The number of para-hydroxylation sites is 1. The van der Waals surface area contributed by atoms with Gasteiger partial charge in [0.15, 0.2) is 11.6 Å². The minimum atomic E-state index is -0.568. The van der Waals surface area contributed by atoms with Gasteiger partial charge in [0.1, 0.15) is 29.8 Å². The fourth-order valence-corrected chi connectivity index (χ4v) is 2.76. The number of rotatable bonds is 6. The lowest BCUT2D eigenvalue weighted by Crippen LogP contribution is -2.15. The van der Waals surface area contributed by atoms with Crippen molar-refractivity contribution < 1.29 is 14.1 Å². The first kappa shape index (κ1) is 18.6. The molecule has 1 N–H and O–H groups in total. The molecule has 0 bridgehead atoms. The lowest BCUT2D eigenvalue weighted by Gasteiger charge is -2.08. The normalized spacial score (nSPS) is 10.5. The molecule has 11 nitrogen and oxygen atoms in total. The molecule has 0 unspecified atom stereocenters. The summed E-state index contributed by atoms with van der Waals surface area (Å²) in [6.45, 7) is 0.118. The van der Waals surface area contributed by atoms with Crippen LogP contribution >= 0.6 is 0 Å². The molecule has 0 fully saturated rings. The van der Waals surface area contributed by atoms with E-state index in [0.717, 1.165) is 6.20 Å². The maximum absolute atomic E-state index is 12.7. The van der Waals surface area contributed by atoms with Crippen LogP contribution in [0.5, 0.6) is 0 Å². The van der Waals surface area contributed by atoms with Crippen molar-refractivity contribution in [3.63, 3.8) is 0 Å². The molecule has 30 heavy (non-hydrogen) atoms. The Morgan fingerprint density at radius 3 is 2.70 bits per heavy atom. The third-order valence-electron chi connectivity index (χ3n) is 4.16. The number of aromatic nitrogens is 4. The molecule has 11 heteroatoms. The third-order valence-corrected chi connectivity index (χ3v) is 4.16. The topological polar surface area (TPSA) is 145 Å². The number of anilines is 1. The Hall–Kier alpha value is -4.72. The first-order chi connectivity index (χ1) is 14.5. The van der Waals surface area contributed by atoms with Crippen LogP contribution in [0.25, 0.3) is 5.69 Å². The van der Waals surface area contributed by atoms with Gasteiger partial charge in [-0.05, 0) is 24.3 Å². The smallest absolute Gasteiger partial charge is 0.307 e. The van der Waals surface area contributed by atoms with Gasteiger partial charge in [-0.2, -0.15) is 15.5 Å². The van der Waals surface area contributed by atoms with E-state index in [2.05, 4.69) is 15.5 Å². The summed E-state index contributed by atoms with van der Waals surface area (Å²) in [4.78, 5) is 22.8. The van der Waals surface area contributed by atoms with Crippen molar-refractivity contribution >= 4 is 17.4 Å². The van der Waals surface area contributed by atoms with Crippen LogP contribution < -0.4 is 5.32 Å². The van der Waals surface area contributed by atoms with Crippen molar-refractivity contribution in [2.24, 2.45) is 0 Å². The fraction of sp³-hybridized carbons (Fsp3) is 0.0526. The number of hydrogen-bond acceptors (Lipinski definition) is 7. The van der Waals surface area contributed by atoms with Gasteiger partial charge in [-0.15, -0.1) is 0 Å². The maximum atomic E-state index is 12.7. The Kier molecular flexibility index (Phi) is 4.80. The second-order valence-corrected chi connectivity index (χ2v) is 6.14. The average molecular weight is 403 g/mol. The average Bonchev–Trinajstić information content (AvgIpc) is 3.49. The van der Waals surface area contributed by atoms with Crippen LogP contribution in [0.3, 0.4) is 0 Å². The summed E-state index contributed by atoms with van der Waals surface area (Å²) in [5, 5.41) is 30.8. The minimum absolute atomic E-state index is 0.0105. The number of nitro groups is 1. The summed E-state index contributed by atoms with van der Waals surface area (Å²) in [7, 11) is 0. The zero-order chi connectivity index (χ0) is 21.1. The second-order valence-electron chi connectivity index (χ2n) is 6.14. The third kappa shape index (κ3) is 3.65. The van der Waals surface area contributed by atoms with E-state index >= 15 is 0 Å². The Bertz CT molecular complexity index is 1260. The number of benzene rings is 1. The highest BCUT2D eigenvalue weighted by Crippen LogP contribution is 2.21. The highest BCUT2D eigenvalue weighted by Gasteiger charge is 2.19. The molecule has 4 rings (SSSR count). The molecule has 4 aromatic rings. The number of nitriles is 1. The molecule has 0 radical (unpaired) electrons. The van der Waals surface area contributed by atoms with Crippen molar-refractivity contribution in [2.75, 3.05) is 5.32 Å². The number of carbonyl (C=O) groups excluding carboxylic acids is 1. The van der Waals surface area contributed by atoms with Crippen LogP contribution in [0, 0.1) is 21.4 Å². The molecule has 3 heterocycles. The van der Waals surface area contributed by atoms with Gasteiger partial charge in [-0.1, -0.05) is 18.2 Å². The van der Waals surface area contributed by atoms with E-state index in [0.29, 0.717) is 11.4 Å². The van der Waals surface area contributed by atoms with Gasteiger partial charge in [0.25, 0.3) is 5.91 Å². The molecule has 0 atom stereocenters. The maximum Gasteiger partial charge on any atom is 0.307 e. The molecular weight excluding hydrogens is 390 g/mol. The fourth-order valence-electron chi connectivity index (χ4n) is 2.76. The van der Waals surface area contributed by atoms with Gasteiger partial charge in [-0.3, -0.25) is 19.6 Å². The van der Waals surface area contributed by atoms with Gasteiger partial charge >= 0.3 is 5.69 Å². The van der Waals surface area contributed by atoms with Crippen LogP contribution in [0.1, 0.15) is 21.9 Å². The molecule has 1 amide bonds. The summed E-state index contributed by atoms with van der Waals surface area (Å²) in [5.74, 6) is 0.0443. The predicted octanol–water partition coefficient (Wildman–Crippen LogP) is 2.74. The summed E-state index contributed by atoms with van der Waals surface area (Å²) in [6, 6.07) is 14.1. The van der Waals surface area contributed by atoms with Gasteiger partial charge in [0.05, 0.1) is 23.4 Å². The number of hydrogen-bond donors (Lipinski definition) is 1. The van der Waals surface area contributed by atoms with Crippen LogP contribution in [0.4, 0.5) is 11.5 Å². The van der Waals surface area contributed by atoms with Gasteiger partial charge < -0.3 is 9.73 Å². The van der Waals surface area contributed by atoms with Gasteiger partial charge in [0, 0.05) is 0 Å². The molecule has 0 saturated heterocycles. The van der Waals surface area contributed by atoms with Crippen molar-refractivity contribution in [1.82, 2.24) is 19.6 Å². The quantitative estimate of drug-likeness (QED) is 0.385. The Balaban J connectivity index is 1.53. The second kappa shape index (κ2) is 7.72. The summed E-state index contributed by atoms with van der Waals surface area (Å²) in [6.07, 6.45) is 3.76. The molecule has 1 aromatic carbocycles. The SMILES string of the molecule is N#Cc1cnn(-c2ccccc2)c1NC(=O)c1ccc(Cn2cc([N+](=O)[O-])cn2)o1. The van der Waals surface area contributed by atoms with E-state index in [1.807, 2.05) is 24.3 Å². The first-order valence-electron chi connectivity index (χ1n) is 8.65. The predicted molar refractivity (Wildman–Crippen MR) is 103 cm³/mol. The summed E-state index contributed by atoms with van der Waals surface area (Å²) in [5.41, 5.74) is 0.732. The number of nitrogens with one attached hydrogen (secondary N) is 1. The number of amides is 1. The molecule has 148 valence electrons. The Morgan fingerprint density at radius 1 is 1.20 bits per heavy atom. The Labute approximate surface area is 168 Å². The van der Waals surface area contributed by atoms with Crippen LogP contribution in [-0.4, -0.2) is 30.4 Å². The number of furan rings is 1. The molecule has 0 aliphatic rings. The lowest BCUT2D eigenvalue weighted by molar-refractivity contribution is -0.385. The first-order valence-corrected chi connectivity index (χ1v) is 8.65. The van der Waals surface area contributed by atoms with E-state index in [9.17, 15) is 20.2 Å². The minimum Gasteiger partial charge on any atom is -0.454 e. The van der Waals surface area contributed by atoms with Crippen molar-refractivity contribution in [1.29, 1.82) is 5.26 Å². The largest absolute Gasteiger partial charge is 0.454 e. The van der Waals surface area contributed by atoms with Crippen LogP contribution in [0.2, 0.25) is 0 Å². The van der Waals surface area contributed by atoms with Gasteiger partial charge in [-0.25, -0.2) is 4.68 Å². The van der Waals surface area contributed by atoms with E-state index in [1.165, 1.54) is 27.8 Å². The van der Waals surface area contributed by atoms with E-state index in [-0.39, 0.29) is 29.4 Å². The number of nitrogens with zero attached hydrogens (tertiary/aromatic N) is 6. The molecular formula is C19H13N7O4. The zero-order valence-electron chi connectivity index (χ0n) is 15.3. The molecule has 0 aliphatic heterocycles. The molecule has 0 aliphatic carbocycles. The summed E-state index contributed by atoms with van der Waals surface area (Å²) < 4.78 is 8.31. The molecule has 3 aromatic heterocycles. The van der Waals surface area contributed by atoms with E-state index in [1.54, 1.807) is 18.2 Å². The van der Waals surface area contributed by atoms with E-state index in [4.69, 9.17) is 4.42 Å². The van der Waals surface area contributed by atoms with E-state index < -0.39 is 10.8 Å². The lowest BCUT2D eigenvalue weighted by atomic mass is 10.3. The van der Waals surface area contributed by atoms with Gasteiger partial charge in [0.2, 0.25) is 0 Å². The highest BCUT2D eigenvalue weighted by atomic mass is 16.6. The van der Waals surface area contributed by atoms with Crippen LogP contribution in [0.15, 0.2) is 65.5 Å². The monoisotopic (exact) mass is 403 g/mol. The zero-order valence-corrected chi connectivity index (χ0v) is 15.3. The van der Waals surface area contributed by atoms with Crippen molar-refractivity contribution in [2.45, 2.75) is 6.54 Å². The number of carbonyl (C=O) groups is 1. The standard InChI is InChI=1S/C19H13N7O4/c20-8-13-9-22-25(14-4-2-1-3-5-14)18(13)23-19(27)17-7-6-16(30-17)12-24-11-15(10-21-24)26(28)29/h1-7,9-11H,12H2,(H,23,27). The Morgan fingerprint density at radius 2 is 2.00 bits per heavy atom. The molecule has 0 saturated carbocycles. The highest BCUT2D eigenvalue weighted by molar-refractivity contribution is 6.02. The summed E-state index contributed by atoms with van der Waals surface area (Å²) >= 11 is 0.